The molecule has 0 bridgehead atoms. The second kappa shape index (κ2) is 9.82. The van der Waals surface area contributed by atoms with Gasteiger partial charge in [-0.05, 0) is 42.7 Å². The van der Waals surface area contributed by atoms with Crippen LogP contribution in [-0.2, 0) is 22.4 Å². The average molecular weight is 376 g/mol. The molecule has 26 heavy (non-hydrogen) atoms. The van der Waals surface area contributed by atoms with Crippen molar-refractivity contribution in [1.29, 1.82) is 0 Å². The number of carbonyl (C=O) groups is 2. The molecule has 1 amide bonds. The van der Waals surface area contributed by atoms with Crippen LogP contribution >= 0.6 is 11.6 Å². The van der Waals surface area contributed by atoms with Gasteiger partial charge in [-0.2, -0.15) is 0 Å². The van der Waals surface area contributed by atoms with Crippen molar-refractivity contribution >= 4 is 23.5 Å². The molecule has 2 aromatic rings. The molecule has 138 valence electrons. The Kier molecular flexibility index (Phi) is 7.48. The maximum atomic E-state index is 12.3. The topological polar surface area (TPSA) is 64.6 Å². The maximum absolute atomic E-state index is 12.3. The summed E-state index contributed by atoms with van der Waals surface area (Å²) in [4.78, 5) is 23.8. The van der Waals surface area contributed by atoms with E-state index in [0.29, 0.717) is 35.9 Å². The molecule has 2 aromatic carbocycles. The van der Waals surface area contributed by atoms with Gasteiger partial charge in [0.1, 0.15) is 5.75 Å². The summed E-state index contributed by atoms with van der Waals surface area (Å²) in [7, 11) is 1.51. The second-order valence-corrected chi connectivity index (χ2v) is 6.09. The summed E-state index contributed by atoms with van der Waals surface area (Å²) in [5.41, 5.74) is 2.38. The number of nitrogens with one attached hydrogen (secondary N) is 1. The molecule has 0 aliphatic carbocycles. The largest absolute Gasteiger partial charge is 0.496 e. The van der Waals surface area contributed by atoms with E-state index >= 15 is 0 Å². The Morgan fingerprint density at radius 2 is 1.77 bits per heavy atom. The minimum atomic E-state index is -0.233. The monoisotopic (exact) mass is 375 g/mol. The third-order valence-corrected chi connectivity index (χ3v) is 4.02. The van der Waals surface area contributed by atoms with Crippen molar-refractivity contribution in [3.8, 4) is 5.75 Å². The molecule has 0 aromatic heterocycles. The molecule has 0 spiro atoms. The second-order valence-electron chi connectivity index (χ2n) is 5.65. The van der Waals surface area contributed by atoms with E-state index in [0.717, 1.165) is 11.1 Å². The quantitative estimate of drug-likeness (QED) is 0.718. The van der Waals surface area contributed by atoms with Crippen LogP contribution in [0, 0.1) is 0 Å². The van der Waals surface area contributed by atoms with Gasteiger partial charge in [-0.1, -0.05) is 35.9 Å². The smallest absolute Gasteiger partial charge is 0.310 e. The third kappa shape index (κ3) is 5.77. The average Bonchev–Trinajstić information content (AvgIpc) is 2.63. The molecule has 2 rings (SSSR count). The lowest BCUT2D eigenvalue weighted by Gasteiger charge is -2.10. The van der Waals surface area contributed by atoms with Crippen LogP contribution in [0.15, 0.2) is 42.5 Å². The fourth-order valence-corrected chi connectivity index (χ4v) is 2.65. The highest BCUT2D eigenvalue weighted by molar-refractivity contribution is 6.31. The lowest BCUT2D eigenvalue weighted by atomic mass is 10.1. The van der Waals surface area contributed by atoms with Gasteiger partial charge in [-0.15, -0.1) is 0 Å². The zero-order chi connectivity index (χ0) is 18.9. The number of hydrogen-bond acceptors (Lipinski definition) is 4. The molecule has 0 aliphatic rings. The lowest BCUT2D eigenvalue weighted by molar-refractivity contribution is -0.142. The van der Waals surface area contributed by atoms with Crippen LogP contribution < -0.4 is 10.1 Å². The van der Waals surface area contributed by atoms with Crippen molar-refractivity contribution in [2.75, 3.05) is 20.3 Å². The fraction of sp³-hybridized carbons (Fsp3) is 0.300. The molecular formula is C20H22ClNO4. The Bertz CT molecular complexity index is 759. The molecule has 0 heterocycles. The molecule has 0 atom stereocenters. The van der Waals surface area contributed by atoms with Crippen LogP contribution in [0.2, 0.25) is 5.02 Å². The number of ether oxygens (including phenoxy) is 2. The number of carbonyl (C=O) groups excluding carboxylic acids is 2. The van der Waals surface area contributed by atoms with E-state index in [1.807, 2.05) is 24.3 Å². The molecule has 6 heteroatoms. The van der Waals surface area contributed by atoms with Crippen molar-refractivity contribution in [2.45, 2.75) is 19.8 Å². The Morgan fingerprint density at radius 1 is 1.08 bits per heavy atom. The Balaban J connectivity index is 1.87. The predicted octanol–water partition coefficient (Wildman–Crippen LogP) is 3.43. The summed E-state index contributed by atoms with van der Waals surface area (Å²) in [6.07, 6.45) is 0.938. The molecule has 0 aliphatic heterocycles. The van der Waals surface area contributed by atoms with Crippen LogP contribution in [0.4, 0.5) is 0 Å². The summed E-state index contributed by atoms with van der Waals surface area (Å²) < 4.78 is 10.1. The molecule has 0 unspecified atom stereocenters. The lowest BCUT2D eigenvalue weighted by Crippen LogP contribution is -2.26. The van der Waals surface area contributed by atoms with Gasteiger partial charge in [0.15, 0.2) is 0 Å². The van der Waals surface area contributed by atoms with Gasteiger partial charge in [0.25, 0.3) is 5.91 Å². The van der Waals surface area contributed by atoms with Gasteiger partial charge in [0, 0.05) is 11.6 Å². The van der Waals surface area contributed by atoms with Crippen LogP contribution in [-0.4, -0.2) is 32.1 Å². The summed E-state index contributed by atoms with van der Waals surface area (Å²) in [6, 6.07) is 12.6. The third-order valence-electron chi connectivity index (χ3n) is 3.78. The molecule has 0 saturated heterocycles. The first-order valence-electron chi connectivity index (χ1n) is 8.38. The van der Waals surface area contributed by atoms with Crippen molar-refractivity contribution in [2.24, 2.45) is 0 Å². The zero-order valence-corrected chi connectivity index (χ0v) is 15.6. The van der Waals surface area contributed by atoms with E-state index in [-0.39, 0.29) is 18.3 Å². The number of amides is 1. The number of esters is 1. The SMILES string of the molecule is CCOC(=O)Cc1ccc(CCNC(=O)c2cc(Cl)ccc2OC)cc1. The number of halogens is 1. The maximum Gasteiger partial charge on any atom is 0.310 e. The summed E-state index contributed by atoms with van der Waals surface area (Å²) in [5.74, 6) is 0.0153. The molecule has 5 nitrogen and oxygen atoms in total. The summed E-state index contributed by atoms with van der Waals surface area (Å²) >= 11 is 5.95. The zero-order valence-electron chi connectivity index (χ0n) is 14.9. The molecule has 1 N–H and O–H groups in total. The van der Waals surface area contributed by atoms with Crippen LogP contribution in [0.25, 0.3) is 0 Å². The van der Waals surface area contributed by atoms with E-state index in [4.69, 9.17) is 21.1 Å². The summed E-state index contributed by atoms with van der Waals surface area (Å²) in [6.45, 7) is 2.65. The molecule has 0 radical (unpaired) electrons. The predicted molar refractivity (Wildman–Crippen MR) is 101 cm³/mol. The van der Waals surface area contributed by atoms with Crippen molar-refractivity contribution < 1.29 is 19.1 Å². The molecular weight excluding hydrogens is 354 g/mol. The highest BCUT2D eigenvalue weighted by Crippen LogP contribution is 2.22. The van der Waals surface area contributed by atoms with Crippen molar-refractivity contribution in [3.63, 3.8) is 0 Å². The standard InChI is InChI=1S/C20H22ClNO4/c1-3-26-19(23)12-15-6-4-14(5-7-15)10-11-22-20(24)17-13-16(21)8-9-18(17)25-2/h4-9,13H,3,10-12H2,1-2H3,(H,22,24). The van der Waals surface area contributed by atoms with Gasteiger partial charge >= 0.3 is 5.97 Å². The van der Waals surface area contributed by atoms with Crippen LogP contribution in [0.3, 0.4) is 0 Å². The minimum Gasteiger partial charge on any atom is -0.496 e. The number of benzene rings is 2. The molecule has 0 fully saturated rings. The number of methoxy groups -OCH3 is 1. The Hall–Kier alpha value is -2.53. The van der Waals surface area contributed by atoms with E-state index < -0.39 is 0 Å². The van der Waals surface area contributed by atoms with Crippen molar-refractivity contribution in [3.05, 3.63) is 64.2 Å². The number of hydrogen-bond donors (Lipinski definition) is 1. The first kappa shape index (κ1) is 19.8. The van der Waals surface area contributed by atoms with Gasteiger partial charge in [0.2, 0.25) is 0 Å². The molecule has 0 saturated carbocycles. The minimum absolute atomic E-state index is 0.233. The van der Waals surface area contributed by atoms with Gasteiger partial charge in [-0.25, -0.2) is 0 Å². The number of rotatable bonds is 8. The first-order valence-corrected chi connectivity index (χ1v) is 8.76. The Labute approximate surface area is 158 Å². The van der Waals surface area contributed by atoms with Gasteiger partial charge in [0.05, 0.1) is 25.7 Å². The van der Waals surface area contributed by atoms with E-state index in [1.54, 1.807) is 25.1 Å². The van der Waals surface area contributed by atoms with Crippen molar-refractivity contribution in [1.82, 2.24) is 5.32 Å². The van der Waals surface area contributed by atoms with Gasteiger partial charge < -0.3 is 14.8 Å². The van der Waals surface area contributed by atoms with E-state index in [2.05, 4.69) is 5.32 Å². The highest BCUT2D eigenvalue weighted by Gasteiger charge is 2.12. The highest BCUT2D eigenvalue weighted by atomic mass is 35.5. The van der Waals surface area contributed by atoms with Crippen LogP contribution in [0.1, 0.15) is 28.4 Å². The summed E-state index contributed by atoms with van der Waals surface area (Å²) in [5, 5.41) is 3.34. The Morgan fingerprint density at radius 3 is 2.42 bits per heavy atom. The van der Waals surface area contributed by atoms with E-state index in [9.17, 15) is 9.59 Å². The normalized spacial score (nSPS) is 10.3. The van der Waals surface area contributed by atoms with Crippen LogP contribution in [0.5, 0.6) is 5.75 Å². The first-order chi connectivity index (χ1) is 12.5. The fourth-order valence-electron chi connectivity index (χ4n) is 2.48. The van der Waals surface area contributed by atoms with E-state index in [1.165, 1.54) is 7.11 Å². The van der Waals surface area contributed by atoms with Gasteiger partial charge in [-0.3, -0.25) is 9.59 Å².